The third kappa shape index (κ3) is 15.1. The number of carbonyl (C=O) groups is 1. The summed E-state index contributed by atoms with van der Waals surface area (Å²) in [5.74, 6) is 0. The zero-order valence-electron chi connectivity index (χ0n) is 12.9. The summed E-state index contributed by atoms with van der Waals surface area (Å²) in [6.45, 7) is 11.8. The van der Waals surface area contributed by atoms with Crippen molar-refractivity contribution in [2.45, 2.75) is 52.6 Å². The van der Waals surface area contributed by atoms with E-state index in [2.05, 4.69) is 17.6 Å². The van der Waals surface area contributed by atoms with Gasteiger partial charge in [0.05, 0.1) is 0 Å². The smallest absolute Gasteiger partial charge is 0.407 e. The molecule has 0 aliphatic carbocycles. The predicted octanol–water partition coefficient (Wildman–Crippen LogP) is 2.31. The molecule has 0 aromatic heterocycles. The third-order valence-electron chi connectivity index (χ3n) is 2.19. The molecule has 0 aliphatic rings. The number of alkyl carbamates (subject to hydrolysis) is 1. The summed E-state index contributed by atoms with van der Waals surface area (Å²) in [6.07, 6.45) is 2.65. The molecule has 1 amide bonds. The van der Waals surface area contributed by atoms with Crippen LogP contribution in [0, 0.1) is 0 Å². The molecule has 0 radical (unpaired) electrons. The molecule has 5 nitrogen and oxygen atoms in total. The molecule has 0 aliphatic heterocycles. The van der Waals surface area contributed by atoms with Crippen LogP contribution in [0.5, 0.6) is 0 Å². The number of hydrogen-bond acceptors (Lipinski definition) is 4. The average Bonchev–Trinajstić information content (AvgIpc) is 2.29. The van der Waals surface area contributed by atoms with Gasteiger partial charge in [-0.05, 0) is 53.1 Å². The summed E-state index contributed by atoms with van der Waals surface area (Å²) >= 11 is 0. The third-order valence-corrected chi connectivity index (χ3v) is 2.19. The zero-order chi connectivity index (χ0) is 14.6. The monoisotopic (exact) mass is 274 g/mol. The summed E-state index contributed by atoms with van der Waals surface area (Å²) in [4.78, 5) is 11.3. The largest absolute Gasteiger partial charge is 0.444 e. The fourth-order valence-electron chi connectivity index (χ4n) is 1.39. The Morgan fingerprint density at radius 1 is 1.05 bits per heavy atom. The highest BCUT2D eigenvalue weighted by Gasteiger charge is 2.15. The van der Waals surface area contributed by atoms with E-state index in [1.54, 1.807) is 0 Å². The van der Waals surface area contributed by atoms with Crippen LogP contribution in [-0.4, -0.2) is 44.5 Å². The Morgan fingerprint density at radius 3 is 2.37 bits per heavy atom. The molecule has 2 N–H and O–H groups in total. The van der Waals surface area contributed by atoms with Gasteiger partial charge in [-0.25, -0.2) is 4.79 Å². The average molecular weight is 274 g/mol. The van der Waals surface area contributed by atoms with Crippen LogP contribution in [0.2, 0.25) is 0 Å². The molecule has 0 fully saturated rings. The molecule has 114 valence electrons. The number of nitrogens with one attached hydrogen (secondary N) is 2. The first-order valence-corrected chi connectivity index (χ1v) is 7.21. The van der Waals surface area contributed by atoms with Crippen molar-refractivity contribution >= 4 is 6.09 Å². The maximum absolute atomic E-state index is 11.3. The normalized spacial score (nSPS) is 11.4. The van der Waals surface area contributed by atoms with Crippen molar-refractivity contribution in [3.8, 4) is 0 Å². The highest BCUT2D eigenvalue weighted by Crippen LogP contribution is 2.06. The molecule has 19 heavy (non-hydrogen) atoms. The molecule has 0 spiro atoms. The van der Waals surface area contributed by atoms with Crippen molar-refractivity contribution in [2.75, 3.05) is 32.8 Å². The van der Waals surface area contributed by atoms with Crippen LogP contribution >= 0.6 is 0 Å². The summed E-state index contributed by atoms with van der Waals surface area (Å²) in [6, 6.07) is 0. The van der Waals surface area contributed by atoms with Gasteiger partial charge in [-0.3, -0.25) is 0 Å². The van der Waals surface area contributed by atoms with E-state index in [1.165, 1.54) is 0 Å². The molecule has 0 unspecified atom stereocenters. The lowest BCUT2D eigenvalue weighted by Crippen LogP contribution is -2.34. The quantitative estimate of drug-likeness (QED) is 0.600. The summed E-state index contributed by atoms with van der Waals surface area (Å²) in [5.41, 5.74) is -0.430. The van der Waals surface area contributed by atoms with E-state index in [1.807, 2.05) is 20.8 Å². The van der Waals surface area contributed by atoms with Crippen molar-refractivity contribution in [1.82, 2.24) is 10.6 Å². The number of ether oxygens (including phenoxy) is 2. The molecule has 0 rings (SSSR count). The summed E-state index contributed by atoms with van der Waals surface area (Å²) in [7, 11) is 0. The molecule has 0 atom stereocenters. The number of rotatable bonds is 10. The molecular formula is C14H30N2O3. The summed E-state index contributed by atoms with van der Waals surface area (Å²) < 4.78 is 10.5. The van der Waals surface area contributed by atoms with Crippen LogP contribution in [0.4, 0.5) is 4.79 Å². The second-order valence-electron chi connectivity index (χ2n) is 5.50. The maximum Gasteiger partial charge on any atom is 0.407 e. The number of hydrogen-bond donors (Lipinski definition) is 2. The van der Waals surface area contributed by atoms with Gasteiger partial charge in [-0.15, -0.1) is 0 Å². The Bertz CT molecular complexity index is 227. The lowest BCUT2D eigenvalue weighted by atomic mass is 10.2. The van der Waals surface area contributed by atoms with Crippen molar-refractivity contribution in [1.29, 1.82) is 0 Å². The molecule has 0 bridgehead atoms. The van der Waals surface area contributed by atoms with Gasteiger partial charge >= 0.3 is 6.09 Å². The number of carbonyl (C=O) groups excluding carboxylic acids is 1. The van der Waals surface area contributed by atoms with Gasteiger partial charge in [0.25, 0.3) is 0 Å². The van der Waals surface area contributed by atoms with E-state index in [4.69, 9.17) is 9.47 Å². The van der Waals surface area contributed by atoms with Gasteiger partial charge in [0.1, 0.15) is 5.60 Å². The van der Waals surface area contributed by atoms with Crippen LogP contribution in [0.15, 0.2) is 0 Å². The second kappa shape index (κ2) is 11.1. The summed E-state index contributed by atoms with van der Waals surface area (Å²) in [5, 5.41) is 6.04. The van der Waals surface area contributed by atoms with Crippen LogP contribution < -0.4 is 10.6 Å². The topological polar surface area (TPSA) is 59.6 Å². The van der Waals surface area contributed by atoms with Crippen LogP contribution in [0.1, 0.15) is 47.0 Å². The van der Waals surface area contributed by atoms with Crippen molar-refractivity contribution in [2.24, 2.45) is 0 Å². The molecule has 0 saturated carbocycles. The molecule has 0 saturated heterocycles. The Hall–Kier alpha value is -0.810. The highest BCUT2D eigenvalue weighted by atomic mass is 16.6. The first kappa shape index (κ1) is 18.2. The van der Waals surface area contributed by atoms with Gasteiger partial charge in [0.2, 0.25) is 0 Å². The van der Waals surface area contributed by atoms with Gasteiger partial charge in [0, 0.05) is 19.8 Å². The minimum absolute atomic E-state index is 0.347. The van der Waals surface area contributed by atoms with Crippen molar-refractivity contribution < 1.29 is 14.3 Å². The second-order valence-corrected chi connectivity index (χ2v) is 5.50. The maximum atomic E-state index is 11.3. The fraction of sp³-hybridized carbons (Fsp3) is 0.929. The minimum Gasteiger partial charge on any atom is -0.444 e. The first-order chi connectivity index (χ1) is 8.95. The Labute approximate surface area is 117 Å². The Balaban J connectivity index is 3.21. The SMILES string of the molecule is CCCOCCCNCCCNC(=O)OC(C)(C)C. The first-order valence-electron chi connectivity index (χ1n) is 7.21. The van der Waals surface area contributed by atoms with E-state index in [9.17, 15) is 4.79 Å². The molecule has 0 aromatic carbocycles. The van der Waals surface area contributed by atoms with E-state index in [0.717, 1.165) is 45.6 Å². The molecular weight excluding hydrogens is 244 g/mol. The van der Waals surface area contributed by atoms with E-state index in [-0.39, 0.29) is 6.09 Å². The minimum atomic E-state index is -0.430. The Morgan fingerprint density at radius 2 is 1.74 bits per heavy atom. The van der Waals surface area contributed by atoms with E-state index >= 15 is 0 Å². The van der Waals surface area contributed by atoms with Crippen molar-refractivity contribution in [3.05, 3.63) is 0 Å². The van der Waals surface area contributed by atoms with Gasteiger partial charge in [0.15, 0.2) is 0 Å². The van der Waals surface area contributed by atoms with Crippen molar-refractivity contribution in [3.63, 3.8) is 0 Å². The lowest BCUT2D eigenvalue weighted by molar-refractivity contribution is 0.0527. The molecule has 0 heterocycles. The van der Waals surface area contributed by atoms with Gasteiger partial charge in [-0.2, -0.15) is 0 Å². The lowest BCUT2D eigenvalue weighted by Gasteiger charge is -2.19. The standard InChI is InChI=1S/C14H30N2O3/c1-5-11-18-12-7-9-15-8-6-10-16-13(17)19-14(2,3)4/h15H,5-12H2,1-4H3,(H,16,17). The fourth-order valence-corrected chi connectivity index (χ4v) is 1.39. The van der Waals surface area contributed by atoms with Crippen LogP contribution in [-0.2, 0) is 9.47 Å². The molecule has 0 aromatic rings. The molecule has 5 heteroatoms. The number of amides is 1. The van der Waals surface area contributed by atoms with Crippen LogP contribution in [0.3, 0.4) is 0 Å². The van der Waals surface area contributed by atoms with Gasteiger partial charge in [-0.1, -0.05) is 6.92 Å². The highest BCUT2D eigenvalue weighted by molar-refractivity contribution is 5.67. The van der Waals surface area contributed by atoms with Gasteiger partial charge < -0.3 is 20.1 Å². The van der Waals surface area contributed by atoms with Crippen LogP contribution in [0.25, 0.3) is 0 Å². The Kier molecular flexibility index (Phi) is 10.6. The predicted molar refractivity (Wildman–Crippen MR) is 77.5 cm³/mol. The van der Waals surface area contributed by atoms with E-state index in [0.29, 0.717) is 6.54 Å². The van der Waals surface area contributed by atoms with E-state index < -0.39 is 5.60 Å². The zero-order valence-corrected chi connectivity index (χ0v) is 12.9.